The summed E-state index contributed by atoms with van der Waals surface area (Å²) in [6.07, 6.45) is 3.29. The third kappa shape index (κ3) is 4.45. The molecule has 1 saturated heterocycles. The third-order valence-corrected chi connectivity index (χ3v) is 6.76. The summed E-state index contributed by atoms with van der Waals surface area (Å²) in [4.78, 5) is 16.9. The van der Waals surface area contributed by atoms with Crippen molar-refractivity contribution < 1.29 is 17.9 Å². The normalized spacial score (nSPS) is 16.5. The molecule has 0 bridgehead atoms. The van der Waals surface area contributed by atoms with E-state index in [0.717, 1.165) is 11.8 Å². The lowest BCUT2D eigenvalue weighted by Gasteiger charge is -2.34. The molecule has 1 aliphatic rings. The molecule has 2 aromatic rings. The minimum atomic E-state index is -3.52. The summed E-state index contributed by atoms with van der Waals surface area (Å²) >= 11 is 0. The van der Waals surface area contributed by atoms with Crippen LogP contribution >= 0.6 is 0 Å². The van der Waals surface area contributed by atoms with Crippen LogP contribution in [0.15, 0.2) is 48.7 Å². The number of ether oxygens (including phenoxy) is 1. The monoisotopic (exact) mass is 389 g/mol. The summed E-state index contributed by atoms with van der Waals surface area (Å²) in [5.74, 6) is 0.686. The van der Waals surface area contributed by atoms with E-state index in [4.69, 9.17) is 4.74 Å². The predicted molar refractivity (Wildman–Crippen MR) is 102 cm³/mol. The molecule has 27 heavy (non-hydrogen) atoms. The third-order valence-electron chi connectivity index (χ3n) is 4.75. The van der Waals surface area contributed by atoms with Crippen molar-refractivity contribution in [1.29, 1.82) is 0 Å². The van der Waals surface area contributed by atoms with Crippen LogP contribution in [0.25, 0.3) is 0 Å². The molecule has 0 radical (unpaired) electrons. The lowest BCUT2D eigenvalue weighted by Crippen LogP contribution is -2.57. The molecule has 144 valence electrons. The number of hydrogen-bond donors (Lipinski definition) is 2. The van der Waals surface area contributed by atoms with Gasteiger partial charge in [0, 0.05) is 25.1 Å². The highest BCUT2D eigenvalue weighted by atomic mass is 32.2. The van der Waals surface area contributed by atoms with Gasteiger partial charge < -0.3 is 15.4 Å². The number of piperidine rings is 1. The smallest absolute Gasteiger partial charge is 0.241 e. The highest BCUT2D eigenvalue weighted by Crippen LogP contribution is 2.28. The molecule has 8 heteroatoms. The molecule has 7 nitrogen and oxygen atoms in total. The van der Waals surface area contributed by atoms with Crippen LogP contribution in [0, 0.1) is 0 Å². The van der Waals surface area contributed by atoms with Gasteiger partial charge in [0.05, 0.1) is 0 Å². The minimum Gasteiger partial charge on any atom is -0.439 e. The van der Waals surface area contributed by atoms with E-state index in [-0.39, 0.29) is 19.4 Å². The van der Waals surface area contributed by atoms with E-state index in [9.17, 15) is 13.2 Å². The lowest BCUT2D eigenvalue weighted by molar-refractivity contribution is -0.124. The van der Waals surface area contributed by atoms with Crippen molar-refractivity contribution >= 4 is 15.7 Å². The maximum Gasteiger partial charge on any atom is 0.241 e. The van der Waals surface area contributed by atoms with Crippen LogP contribution in [0.5, 0.6) is 11.6 Å². The topological polar surface area (TPSA) is 97.4 Å². The molecule has 1 aromatic heterocycles. The molecule has 1 amide bonds. The van der Waals surface area contributed by atoms with E-state index < -0.39 is 20.5 Å². The number of sulfone groups is 1. The van der Waals surface area contributed by atoms with Gasteiger partial charge in [0.2, 0.25) is 11.8 Å². The van der Waals surface area contributed by atoms with Crippen molar-refractivity contribution in [3.63, 3.8) is 0 Å². The SMILES string of the molecule is CS(=O)(=O)C1(C(=O)NCc2ccc(Oc3ccccc3)nc2)CCNCC1. The highest BCUT2D eigenvalue weighted by Gasteiger charge is 2.48. The molecule has 0 saturated carbocycles. The maximum atomic E-state index is 12.7. The van der Waals surface area contributed by atoms with Crippen molar-refractivity contribution in [2.45, 2.75) is 24.1 Å². The van der Waals surface area contributed by atoms with E-state index >= 15 is 0 Å². The second-order valence-electron chi connectivity index (χ2n) is 6.62. The van der Waals surface area contributed by atoms with Crippen molar-refractivity contribution in [2.75, 3.05) is 19.3 Å². The van der Waals surface area contributed by atoms with Gasteiger partial charge in [0.1, 0.15) is 5.75 Å². The van der Waals surface area contributed by atoms with Gasteiger partial charge in [0.25, 0.3) is 0 Å². The standard InChI is InChI=1S/C19H23N3O4S/c1-27(24,25)19(9-11-20-12-10-19)18(23)22-14-15-7-8-17(21-13-15)26-16-5-3-2-4-6-16/h2-8,13,20H,9-12,14H2,1H3,(H,22,23). The molecule has 0 aliphatic carbocycles. The summed E-state index contributed by atoms with van der Waals surface area (Å²) in [6, 6.07) is 12.8. The fourth-order valence-corrected chi connectivity index (χ4v) is 4.48. The molecule has 0 unspecified atom stereocenters. The lowest BCUT2D eigenvalue weighted by atomic mass is 9.96. The molecular weight excluding hydrogens is 366 g/mol. The fraction of sp³-hybridized carbons (Fsp3) is 0.368. The van der Waals surface area contributed by atoms with E-state index in [2.05, 4.69) is 15.6 Å². The van der Waals surface area contributed by atoms with Gasteiger partial charge in [-0.1, -0.05) is 24.3 Å². The number of carbonyl (C=O) groups is 1. The van der Waals surface area contributed by atoms with E-state index in [1.807, 2.05) is 30.3 Å². The Kier molecular flexibility index (Phi) is 5.76. The zero-order valence-electron chi connectivity index (χ0n) is 15.1. The average Bonchev–Trinajstić information content (AvgIpc) is 2.68. The van der Waals surface area contributed by atoms with Gasteiger partial charge in [-0.3, -0.25) is 4.79 Å². The van der Waals surface area contributed by atoms with Crippen LogP contribution in [0.1, 0.15) is 18.4 Å². The van der Waals surface area contributed by atoms with Crippen LogP contribution < -0.4 is 15.4 Å². The highest BCUT2D eigenvalue weighted by molar-refractivity contribution is 7.92. The van der Waals surface area contributed by atoms with Gasteiger partial charge in [-0.25, -0.2) is 13.4 Å². The van der Waals surface area contributed by atoms with E-state index in [0.29, 0.717) is 24.7 Å². The first-order chi connectivity index (χ1) is 12.9. The van der Waals surface area contributed by atoms with Crippen molar-refractivity contribution in [2.24, 2.45) is 0 Å². The zero-order valence-corrected chi connectivity index (χ0v) is 16.0. The Hall–Kier alpha value is -2.45. The van der Waals surface area contributed by atoms with E-state index in [1.165, 1.54) is 0 Å². The number of pyridine rings is 1. The van der Waals surface area contributed by atoms with Gasteiger partial charge in [-0.2, -0.15) is 0 Å². The van der Waals surface area contributed by atoms with Crippen LogP contribution in [0.4, 0.5) is 0 Å². The Morgan fingerprint density at radius 3 is 2.48 bits per heavy atom. The number of hydrogen-bond acceptors (Lipinski definition) is 6. The Morgan fingerprint density at radius 1 is 1.19 bits per heavy atom. The summed E-state index contributed by atoms with van der Waals surface area (Å²) in [5, 5.41) is 5.86. The number of amides is 1. The van der Waals surface area contributed by atoms with Gasteiger partial charge in [-0.05, 0) is 43.6 Å². The largest absolute Gasteiger partial charge is 0.439 e. The first-order valence-electron chi connectivity index (χ1n) is 8.77. The van der Waals surface area contributed by atoms with Crippen LogP contribution in [0.3, 0.4) is 0 Å². The number of nitrogens with one attached hydrogen (secondary N) is 2. The Morgan fingerprint density at radius 2 is 1.89 bits per heavy atom. The van der Waals surface area contributed by atoms with Gasteiger partial charge >= 0.3 is 0 Å². The molecule has 1 aliphatic heterocycles. The van der Waals surface area contributed by atoms with Crippen molar-refractivity contribution in [1.82, 2.24) is 15.6 Å². The number of para-hydroxylation sites is 1. The number of carbonyl (C=O) groups excluding carboxylic acids is 1. The maximum absolute atomic E-state index is 12.7. The van der Waals surface area contributed by atoms with Crippen LogP contribution in [-0.4, -0.2) is 43.4 Å². The summed E-state index contributed by atoms with van der Waals surface area (Å²) in [5.41, 5.74) is 0.765. The molecule has 1 fully saturated rings. The molecule has 0 atom stereocenters. The quantitative estimate of drug-likeness (QED) is 0.780. The molecule has 2 N–H and O–H groups in total. The molecule has 0 spiro atoms. The predicted octanol–water partition coefficient (Wildman–Crippen LogP) is 1.66. The number of benzene rings is 1. The second kappa shape index (κ2) is 8.06. The zero-order chi connectivity index (χ0) is 19.3. The van der Waals surface area contributed by atoms with Crippen LogP contribution in [-0.2, 0) is 21.2 Å². The molecular formula is C19H23N3O4S. The summed E-state index contributed by atoms with van der Waals surface area (Å²) in [7, 11) is -3.52. The molecule has 2 heterocycles. The van der Waals surface area contributed by atoms with Gasteiger partial charge in [0.15, 0.2) is 14.6 Å². The fourth-order valence-electron chi connectivity index (χ4n) is 3.13. The van der Waals surface area contributed by atoms with Crippen LogP contribution in [0.2, 0.25) is 0 Å². The van der Waals surface area contributed by atoms with Crippen molar-refractivity contribution in [3.05, 3.63) is 54.2 Å². The Bertz CT molecular complexity index is 877. The van der Waals surface area contributed by atoms with Gasteiger partial charge in [-0.15, -0.1) is 0 Å². The average molecular weight is 389 g/mol. The second-order valence-corrected chi connectivity index (χ2v) is 8.94. The minimum absolute atomic E-state index is 0.210. The Balaban J connectivity index is 1.63. The number of aromatic nitrogens is 1. The van der Waals surface area contributed by atoms with E-state index in [1.54, 1.807) is 18.3 Å². The first-order valence-corrected chi connectivity index (χ1v) is 10.7. The number of rotatable bonds is 6. The number of nitrogens with zero attached hydrogens (tertiary/aromatic N) is 1. The summed E-state index contributed by atoms with van der Waals surface area (Å²) in [6.45, 7) is 1.23. The Labute approximate surface area is 159 Å². The molecule has 3 rings (SSSR count). The van der Waals surface area contributed by atoms with Crippen molar-refractivity contribution in [3.8, 4) is 11.6 Å². The summed E-state index contributed by atoms with van der Waals surface area (Å²) < 4.78 is 28.8. The molecule has 1 aromatic carbocycles. The first kappa shape index (κ1) is 19.3.